The predicted octanol–water partition coefficient (Wildman–Crippen LogP) is 6.79. The second-order valence-corrected chi connectivity index (χ2v) is 8.61. The summed E-state index contributed by atoms with van der Waals surface area (Å²) in [6.07, 6.45) is 3.23. The Morgan fingerprint density at radius 1 is 0.857 bits per heavy atom. The maximum Gasteiger partial charge on any atom is 0.0497 e. The van der Waals surface area contributed by atoms with Gasteiger partial charge in [0.15, 0.2) is 0 Å². The quantitative estimate of drug-likeness (QED) is 0.322. The van der Waals surface area contributed by atoms with Gasteiger partial charge in [0.25, 0.3) is 0 Å². The minimum absolute atomic E-state index is 0.754. The molecule has 3 aromatic carbocycles. The van der Waals surface area contributed by atoms with Gasteiger partial charge in [0.1, 0.15) is 0 Å². The van der Waals surface area contributed by atoms with E-state index in [1.54, 1.807) is 0 Å². The number of thiophene rings is 1. The van der Waals surface area contributed by atoms with Crippen LogP contribution < -0.4 is 5.73 Å². The van der Waals surface area contributed by atoms with Crippen molar-refractivity contribution in [3.63, 3.8) is 0 Å². The maximum absolute atomic E-state index is 5.75. The number of fused-ring (bicyclic) bond motifs is 4. The van der Waals surface area contributed by atoms with Gasteiger partial charge in [-0.15, -0.1) is 11.3 Å². The van der Waals surface area contributed by atoms with Crippen LogP contribution in [0.2, 0.25) is 0 Å². The number of para-hydroxylation sites is 1. The minimum atomic E-state index is 0.754. The average Bonchev–Trinajstić information content (AvgIpc) is 3.27. The standard InChI is InChI=1S/C25H24N2S/c1-16-7-6-10-19-20(9-4-5-14-26)25(27-24(16)19)17-12-13-23-21(15-17)18-8-2-3-11-22(18)28-23/h2-3,6-8,10-13,15,27H,4-5,9,14,26H2,1H3. The van der Waals surface area contributed by atoms with Gasteiger partial charge >= 0.3 is 0 Å². The molecule has 2 nitrogen and oxygen atoms in total. The van der Waals surface area contributed by atoms with E-state index in [-0.39, 0.29) is 0 Å². The molecule has 3 N–H and O–H groups in total. The Balaban J connectivity index is 1.72. The number of nitrogens with one attached hydrogen (secondary N) is 1. The Morgan fingerprint density at radius 3 is 2.57 bits per heavy atom. The fourth-order valence-corrected chi connectivity index (χ4v) is 5.34. The van der Waals surface area contributed by atoms with E-state index in [2.05, 4.69) is 72.6 Å². The molecule has 2 aromatic heterocycles. The smallest absolute Gasteiger partial charge is 0.0497 e. The molecule has 0 amide bonds. The first-order chi connectivity index (χ1) is 13.8. The first-order valence-electron chi connectivity index (χ1n) is 9.98. The van der Waals surface area contributed by atoms with Gasteiger partial charge in [-0.2, -0.15) is 0 Å². The van der Waals surface area contributed by atoms with Crippen molar-refractivity contribution in [3.8, 4) is 11.3 Å². The lowest BCUT2D eigenvalue weighted by molar-refractivity contribution is 0.748. The summed E-state index contributed by atoms with van der Waals surface area (Å²) in [4.78, 5) is 3.75. The molecule has 0 radical (unpaired) electrons. The van der Waals surface area contributed by atoms with Crippen molar-refractivity contribution in [1.82, 2.24) is 4.98 Å². The Labute approximate surface area is 169 Å². The molecular weight excluding hydrogens is 360 g/mol. The average molecular weight is 385 g/mol. The molecule has 0 aliphatic carbocycles. The van der Waals surface area contributed by atoms with Crippen molar-refractivity contribution < 1.29 is 0 Å². The fraction of sp³-hybridized carbons (Fsp3) is 0.200. The third-order valence-corrected chi connectivity index (χ3v) is 6.85. The van der Waals surface area contributed by atoms with Gasteiger partial charge < -0.3 is 10.7 Å². The molecule has 2 heterocycles. The number of aromatic nitrogens is 1. The molecule has 0 aliphatic heterocycles. The van der Waals surface area contributed by atoms with Crippen molar-refractivity contribution in [2.45, 2.75) is 26.2 Å². The first kappa shape index (κ1) is 17.5. The number of unbranched alkanes of at least 4 members (excludes halogenated alkanes) is 1. The summed E-state index contributed by atoms with van der Waals surface area (Å²) in [5.41, 5.74) is 12.3. The van der Waals surface area contributed by atoms with Crippen LogP contribution in [0.5, 0.6) is 0 Å². The summed E-state index contributed by atoms with van der Waals surface area (Å²) in [6, 6.07) is 22.2. The number of aryl methyl sites for hydroxylation is 2. The van der Waals surface area contributed by atoms with Crippen LogP contribution in [0, 0.1) is 6.92 Å². The maximum atomic E-state index is 5.75. The van der Waals surface area contributed by atoms with Gasteiger partial charge in [-0.3, -0.25) is 0 Å². The molecule has 0 fully saturated rings. The summed E-state index contributed by atoms with van der Waals surface area (Å²) in [6.45, 7) is 2.94. The topological polar surface area (TPSA) is 41.8 Å². The highest BCUT2D eigenvalue weighted by Crippen LogP contribution is 2.38. The van der Waals surface area contributed by atoms with Crippen LogP contribution >= 0.6 is 11.3 Å². The summed E-state index contributed by atoms with van der Waals surface area (Å²) in [5, 5.41) is 4.05. The number of H-pyrrole nitrogens is 1. The number of hydrogen-bond donors (Lipinski definition) is 2. The lowest BCUT2D eigenvalue weighted by Gasteiger charge is -2.06. The summed E-state index contributed by atoms with van der Waals surface area (Å²) in [5.74, 6) is 0. The highest BCUT2D eigenvalue weighted by atomic mass is 32.1. The third kappa shape index (κ3) is 2.83. The van der Waals surface area contributed by atoms with Gasteiger partial charge in [0.05, 0.1) is 0 Å². The van der Waals surface area contributed by atoms with Gasteiger partial charge in [-0.25, -0.2) is 0 Å². The van der Waals surface area contributed by atoms with Gasteiger partial charge in [0, 0.05) is 36.8 Å². The molecule has 0 bridgehead atoms. The second-order valence-electron chi connectivity index (χ2n) is 7.53. The molecular formula is C25H24N2S. The van der Waals surface area contributed by atoms with E-state index in [9.17, 15) is 0 Å². The lowest BCUT2D eigenvalue weighted by atomic mass is 9.98. The zero-order chi connectivity index (χ0) is 19.1. The Kier molecular flexibility index (Phi) is 4.42. The second kappa shape index (κ2) is 7.08. The monoisotopic (exact) mass is 384 g/mol. The molecule has 0 aliphatic rings. The number of hydrogen-bond acceptors (Lipinski definition) is 2. The van der Waals surface area contributed by atoms with Crippen molar-refractivity contribution in [2.75, 3.05) is 6.54 Å². The van der Waals surface area contributed by atoms with Crippen LogP contribution in [0.4, 0.5) is 0 Å². The predicted molar refractivity (Wildman–Crippen MR) is 123 cm³/mol. The van der Waals surface area contributed by atoms with Gasteiger partial charge in [0.2, 0.25) is 0 Å². The van der Waals surface area contributed by atoms with Gasteiger partial charge in [-0.05, 0) is 67.6 Å². The minimum Gasteiger partial charge on any atom is -0.354 e. The molecule has 5 rings (SSSR count). The van der Waals surface area contributed by atoms with Crippen LogP contribution in [0.1, 0.15) is 24.0 Å². The van der Waals surface area contributed by atoms with Gasteiger partial charge in [-0.1, -0.05) is 42.5 Å². The Hall–Kier alpha value is -2.62. The first-order valence-corrected chi connectivity index (χ1v) is 10.8. The van der Waals surface area contributed by atoms with E-state index in [4.69, 9.17) is 5.73 Å². The molecule has 0 saturated carbocycles. The van der Waals surface area contributed by atoms with Crippen molar-refractivity contribution in [1.29, 1.82) is 0 Å². The molecule has 0 unspecified atom stereocenters. The molecule has 5 aromatic rings. The Bertz CT molecular complexity index is 1290. The van der Waals surface area contributed by atoms with Crippen LogP contribution in [0.25, 0.3) is 42.3 Å². The van der Waals surface area contributed by atoms with E-state index in [1.165, 1.54) is 53.5 Å². The van der Waals surface area contributed by atoms with Crippen LogP contribution in [-0.4, -0.2) is 11.5 Å². The zero-order valence-electron chi connectivity index (χ0n) is 16.1. The number of aromatic amines is 1. The lowest BCUT2D eigenvalue weighted by Crippen LogP contribution is -1.99. The van der Waals surface area contributed by atoms with Crippen LogP contribution in [-0.2, 0) is 6.42 Å². The Morgan fingerprint density at radius 2 is 1.68 bits per heavy atom. The van der Waals surface area contributed by atoms with E-state index in [1.807, 2.05) is 11.3 Å². The zero-order valence-corrected chi connectivity index (χ0v) is 16.9. The van der Waals surface area contributed by atoms with Crippen LogP contribution in [0.15, 0.2) is 60.7 Å². The van der Waals surface area contributed by atoms with E-state index >= 15 is 0 Å². The molecule has 0 saturated heterocycles. The SMILES string of the molecule is Cc1cccc2c(CCCCN)c(-c3ccc4sc5ccccc5c4c3)[nH]c12. The van der Waals surface area contributed by atoms with Crippen molar-refractivity contribution >= 4 is 42.4 Å². The van der Waals surface area contributed by atoms with Crippen LogP contribution in [0.3, 0.4) is 0 Å². The number of nitrogens with two attached hydrogens (primary N) is 1. The highest BCUT2D eigenvalue weighted by molar-refractivity contribution is 7.25. The van der Waals surface area contributed by atoms with E-state index < -0.39 is 0 Å². The molecule has 140 valence electrons. The number of rotatable bonds is 5. The molecule has 28 heavy (non-hydrogen) atoms. The highest BCUT2D eigenvalue weighted by Gasteiger charge is 2.15. The van der Waals surface area contributed by atoms with Crippen molar-refractivity contribution in [2.24, 2.45) is 5.73 Å². The third-order valence-electron chi connectivity index (χ3n) is 5.70. The number of benzene rings is 3. The summed E-state index contributed by atoms with van der Waals surface area (Å²) >= 11 is 1.87. The molecule has 0 spiro atoms. The van der Waals surface area contributed by atoms with Crippen molar-refractivity contribution in [3.05, 3.63) is 71.8 Å². The fourth-order valence-electron chi connectivity index (χ4n) is 4.25. The van der Waals surface area contributed by atoms with E-state index in [0.29, 0.717) is 0 Å². The summed E-state index contributed by atoms with van der Waals surface area (Å²) in [7, 11) is 0. The largest absolute Gasteiger partial charge is 0.354 e. The molecule has 0 atom stereocenters. The van der Waals surface area contributed by atoms with E-state index in [0.717, 1.165) is 25.8 Å². The summed E-state index contributed by atoms with van der Waals surface area (Å²) < 4.78 is 2.70. The normalized spacial score (nSPS) is 11.8. The molecule has 3 heteroatoms.